The summed E-state index contributed by atoms with van der Waals surface area (Å²) in [6, 6.07) is 15.9. The van der Waals surface area contributed by atoms with Gasteiger partial charge in [0.05, 0.1) is 0 Å². The average Bonchev–Trinajstić information content (AvgIpc) is 3.17. The molecule has 182 valence electrons. The predicted octanol–water partition coefficient (Wildman–Crippen LogP) is 9.73. The van der Waals surface area contributed by atoms with E-state index in [-0.39, 0.29) is 0 Å². The van der Waals surface area contributed by atoms with Crippen molar-refractivity contribution < 1.29 is 0 Å². The van der Waals surface area contributed by atoms with Gasteiger partial charge in [-0.1, -0.05) is 113 Å². The summed E-state index contributed by atoms with van der Waals surface area (Å²) in [6.07, 6.45) is 11.3. The zero-order valence-electron chi connectivity index (χ0n) is 22.5. The highest BCUT2D eigenvalue weighted by Gasteiger charge is 2.40. The third kappa shape index (κ3) is 4.81. The maximum atomic E-state index is 4.71. The van der Waals surface area contributed by atoms with E-state index < -0.39 is 0 Å². The van der Waals surface area contributed by atoms with E-state index in [1.54, 1.807) is 5.56 Å². The number of benzene rings is 2. The molecule has 0 saturated heterocycles. The molecule has 2 aliphatic carbocycles. The number of allylic oxidation sites excluding steroid dienone is 7. The summed E-state index contributed by atoms with van der Waals surface area (Å²) < 4.78 is 0. The highest BCUT2D eigenvalue weighted by molar-refractivity contribution is 5.68. The van der Waals surface area contributed by atoms with Crippen molar-refractivity contribution in [2.75, 3.05) is 0 Å². The third-order valence-electron chi connectivity index (χ3n) is 8.06. The standard InChI is InChI=1S/C35H42/c1-8-15-23(5)33-24(6)18-31-22-30(25(7)34(31)35(33)29-16-13-12-14-17-29)21-26-19-27(9-2)32(11-4)28(10-3)20-26/h12-14,16-21,34-35H,5,7-11,15,22H2,1-4,6H3/b30-21-. The van der Waals surface area contributed by atoms with Crippen LogP contribution in [0.5, 0.6) is 0 Å². The van der Waals surface area contributed by atoms with E-state index in [1.807, 2.05) is 0 Å². The van der Waals surface area contributed by atoms with E-state index in [0.717, 1.165) is 38.5 Å². The molecule has 2 atom stereocenters. The molecule has 0 nitrogen and oxygen atoms in total. The van der Waals surface area contributed by atoms with Gasteiger partial charge in [-0.15, -0.1) is 0 Å². The first-order valence-corrected chi connectivity index (χ1v) is 13.6. The second-order valence-electron chi connectivity index (χ2n) is 10.3. The van der Waals surface area contributed by atoms with Gasteiger partial charge in [0.1, 0.15) is 0 Å². The molecule has 0 aliphatic heterocycles. The van der Waals surface area contributed by atoms with Gasteiger partial charge in [0, 0.05) is 11.8 Å². The highest BCUT2D eigenvalue weighted by atomic mass is 14.4. The van der Waals surface area contributed by atoms with Crippen molar-refractivity contribution in [1.29, 1.82) is 0 Å². The van der Waals surface area contributed by atoms with E-state index in [0.29, 0.717) is 11.8 Å². The average molecular weight is 463 g/mol. The number of hydrogen-bond acceptors (Lipinski definition) is 0. The summed E-state index contributed by atoms with van der Waals surface area (Å²) in [5, 5.41) is 0. The molecule has 0 heterocycles. The minimum atomic E-state index is 0.300. The first-order chi connectivity index (χ1) is 16.9. The molecule has 0 radical (unpaired) electrons. The Balaban J connectivity index is 1.79. The van der Waals surface area contributed by atoms with Gasteiger partial charge in [-0.25, -0.2) is 0 Å². The van der Waals surface area contributed by atoms with E-state index in [9.17, 15) is 0 Å². The first kappa shape index (κ1) is 25.2. The maximum Gasteiger partial charge on any atom is 0.0201 e. The lowest BCUT2D eigenvalue weighted by Gasteiger charge is -2.34. The molecule has 4 rings (SSSR count). The molecule has 0 aromatic heterocycles. The highest BCUT2D eigenvalue weighted by Crippen LogP contribution is 2.55. The van der Waals surface area contributed by atoms with E-state index in [4.69, 9.17) is 6.58 Å². The third-order valence-corrected chi connectivity index (χ3v) is 8.06. The van der Waals surface area contributed by atoms with Crippen molar-refractivity contribution >= 4 is 6.08 Å². The van der Waals surface area contributed by atoms with Gasteiger partial charge in [0.25, 0.3) is 0 Å². The van der Waals surface area contributed by atoms with Crippen LogP contribution >= 0.6 is 0 Å². The molecular formula is C35H42. The van der Waals surface area contributed by atoms with Crippen LogP contribution < -0.4 is 0 Å². The van der Waals surface area contributed by atoms with Gasteiger partial charge < -0.3 is 0 Å². The first-order valence-electron chi connectivity index (χ1n) is 13.6. The van der Waals surface area contributed by atoms with Crippen molar-refractivity contribution in [3.8, 4) is 0 Å². The van der Waals surface area contributed by atoms with Crippen LogP contribution in [0.1, 0.15) is 87.6 Å². The SMILES string of the molecule is C=C(CCC)C1=C(C)C=C2C/C(=C/c3cc(CC)c(CC)c(CC)c3)C(=C)C2C1c1ccccc1. The van der Waals surface area contributed by atoms with Crippen molar-refractivity contribution in [3.63, 3.8) is 0 Å². The molecule has 1 saturated carbocycles. The monoisotopic (exact) mass is 462 g/mol. The number of aryl methyl sites for hydroxylation is 2. The van der Waals surface area contributed by atoms with Gasteiger partial charge >= 0.3 is 0 Å². The lowest BCUT2D eigenvalue weighted by atomic mass is 9.69. The predicted molar refractivity (Wildman–Crippen MR) is 154 cm³/mol. The zero-order valence-corrected chi connectivity index (χ0v) is 22.5. The molecule has 1 fully saturated rings. The van der Waals surface area contributed by atoms with Gasteiger partial charge in [-0.05, 0) is 89.1 Å². The summed E-state index contributed by atoms with van der Waals surface area (Å²) in [7, 11) is 0. The van der Waals surface area contributed by atoms with Gasteiger partial charge in [0.15, 0.2) is 0 Å². The van der Waals surface area contributed by atoms with E-state index in [1.165, 1.54) is 55.7 Å². The van der Waals surface area contributed by atoms with Crippen LogP contribution in [0.3, 0.4) is 0 Å². The van der Waals surface area contributed by atoms with E-state index >= 15 is 0 Å². The Kier molecular flexibility index (Phi) is 7.80. The molecule has 2 unspecified atom stereocenters. The topological polar surface area (TPSA) is 0 Å². The summed E-state index contributed by atoms with van der Waals surface area (Å²) in [5.74, 6) is 0.621. The van der Waals surface area contributed by atoms with E-state index in [2.05, 4.69) is 95.8 Å². The lowest BCUT2D eigenvalue weighted by molar-refractivity contribution is 0.619. The zero-order chi connectivity index (χ0) is 25.1. The number of rotatable bonds is 8. The molecule has 2 aromatic rings. The van der Waals surface area contributed by atoms with Crippen molar-refractivity contribution in [1.82, 2.24) is 0 Å². The largest absolute Gasteiger partial charge is 0.0955 e. The Morgan fingerprint density at radius 3 is 2.17 bits per heavy atom. The molecule has 0 N–H and O–H groups in total. The smallest absolute Gasteiger partial charge is 0.0201 e. The normalized spacial score (nSPS) is 20.9. The van der Waals surface area contributed by atoms with Crippen LogP contribution in [0, 0.1) is 5.92 Å². The van der Waals surface area contributed by atoms with Crippen LogP contribution in [0.4, 0.5) is 0 Å². The summed E-state index contributed by atoms with van der Waals surface area (Å²) in [4.78, 5) is 0. The minimum absolute atomic E-state index is 0.300. The summed E-state index contributed by atoms with van der Waals surface area (Å²) in [5.41, 5.74) is 15.5. The van der Waals surface area contributed by atoms with Crippen LogP contribution in [-0.4, -0.2) is 0 Å². The second kappa shape index (κ2) is 10.8. The van der Waals surface area contributed by atoms with Gasteiger partial charge in [-0.2, -0.15) is 0 Å². The van der Waals surface area contributed by atoms with Gasteiger partial charge in [0.2, 0.25) is 0 Å². The van der Waals surface area contributed by atoms with Crippen molar-refractivity contribution in [2.45, 2.75) is 79.1 Å². The fraction of sp³-hybridized carbons (Fsp3) is 0.371. The molecule has 0 amide bonds. The van der Waals surface area contributed by atoms with Crippen LogP contribution in [-0.2, 0) is 19.3 Å². The van der Waals surface area contributed by atoms with Crippen LogP contribution in [0.25, 0.3) is 6.08 Å². The molecule has 2 aliphatic rings. The molecule has 0 spiro atoms. The molecular weight excluding hydrogens is 420 g/mol. The van der Waals surface area contributed by atoms with Crippen LogP contribution in [0.2, 0.25) is 0 Å². The Morgan fingerprint density at radius 2 is 1.60 bits per heavy atom. The molecule has 0 heteroatoms. The minimum Gasteiger partial charge on any atom is -0.0955 e. The summed E-state index contributed by atoms with van der Waals surface area (Å²) in [6.45, 7) is 20.6. The Hall–Kier alpha value is -2.86. The fourth-order valence-corrected chi connectivity index (χ4v) is 6.48. The molecule has 0 bridgehead atoms. The maximum absolute atomic E-state index is 4.71. The Bertz CT molecular complexity index is 1190. The van der Waals surface area contributed by atoms with Crippen molar-refractivity contribution in [3.05, 3.63) is 123 Å². The molecule has 35 heavy (non-hydrogen) atoms. The molecule has 2 aromatic carbocycles. The number of hydrogen-bond donors (Lipinski definition) is 0. The summed E-state index contributed by atoms with van der Waals surface area (Å²) >= 11 is 0. The fourth-order valence-electron chi connectivity index (χ4n) is 6.48. The van der Waals surface area contributed by atoms with Crippen molar-refractivity contribution in [2.24, 2.45) is 5.92 Å². The number of fused-ring (bicyclic) bond motifs is 1. The quantitative estimate of drug-likeness (QED) is 0.366. The second-order valence-corrected chi connectivity index (χ2v) is 10.3. The Labute approximate surface area is 213 Å². The van der Waals surface area contributed by atoms with Gasteiger partial charge in [-0.3, -0.25) is 0 Å². The van der Waals surface area contributed by atoms with Crippen LogP contribution in [0.15, 0.2) is 95.1 Å². The lowest BCUT2D eigenvalue weighted by Crippen LogP contribution is -2.21. The Morgan fingerprint density at radius 1 is 0.943 bits per heavy atom.